The monoisotopic (exact) mass is 265 g/mol. The van der Waals surface area contributed by atoms with Gasteiger partial charge in [0.05, 0.1) is 24.8 Å². The summed E-state index contributed by atoms with van der Waals surface area (Å²) < 4.78 is 5.31. The van der Waals surface area contributed by atoms with Crippen LogP contribution in [0, 0.1) is 11.3 Å². The molecule has 7 heteroatoms. The molecule has 0 aromatic rings. The number of hydrogen-bond donors (Lipinski definition) is 1. The van der Waals surface area contributed by atoms with E-state index in [-0.39, 0.29) is 25.6 Å². The molecule has 0 aromatic heterocycles. The normalized spacial score (nSPS) is 9.33. The highest BCUT2D eigenvalue weighted by molar-refractivity contribution is 8.47. The molecule has 0 amide bonds. The lowest BCUT2D eigenvalue weighted by Crippen LogP contribution is -2.09. The molecule has 0 aliphatic carbocycles. The molecule has 0 heterocycles. The predicted molar refractivity (Wildman–Crippen MR) is 65.8 cm³/mol. The van der Waals surface area contributed by atoms with E-state index in [0.29, 0.717) is 15.0 Å². The second-order valence-electron chi connectivity index (χ2n) is 2.24. The summed E-state index contributed by atoms with van der Waals surface area (Å²) >= 11 is 7.59. The number of carbonyl (C=O) groups excluding carboxylic acids is 1. The number of nitriles is 1. The summed E-state index contributed by atoms with van der Waals surface area (Å²) in [4.78, 5) is 10.9. The summed E-state index contributed by atoms with van der Waals surface area (Å²) in [6.07, 6.45) is 0.262. The molecule has 0 spiro atoms. The van der Waals surface area contributed by atoms with Crippen molar-refractivity contribution < 1.29 is 14.6 Å². The van der Waals surface area contributed by atoms with E-state index in [0.717, 1.165) is 0 Å². The SMILES string of the molecule is N#CCSC(=S)SCCC(=O)OCCO. The summed E-state index contributed by atoms with van der Waals surface area (Å²) in [5.74, 6) is 0.534. The van der Waals surface area contributed by atoms with Gasteiger partial charge in [0.1, 0.15) is 10.1 Å². The number of rotatable bonds is 6. The Morgan fingerprint density at radius 1 is 1.53 bits per heavy atom. The Labute approximate surface area is 102 Å². The van der Waals surface area contributed by atoms with Crippen molar-refractivity contribution in [3.8, 4) is 6.07 Å². The standard InChI is InChI=1S/C8H11NO3S3/c9-2-6-15-8(13)14-5-1-7(11)12-4-3-10/h10H,1,3-6H2. The van der Waals surface area contributed by atoms with E-state index in [1.807, 2.05) is 6.07 Å². The maximum absolute atomic E-state index is 10.9. The third kappa shape index (κ3) is 10.0. The fraction of sp³-hybridized carbons (Fsp3) is 0.625. The van der Waals surface area contributed by atoms with Crippen LogP contribution in [0.1, 0.15) is 6.42 Å². The van der Waals surface area contributed by atoms with Crippen molar-refractivity contribution in [1.82, 2.24) is 0 Å². The molecule has 4 nitrogen and oxygen atoms in total. The molecule has 1 N–H and O–H groups in total. The van der Waals surface area contributed by atoms with Crippen LogP contribution >= 0.6 is 35.7 Å². The number of ether oxygens (including phenoxy) is 1. The van der Waals surface area contributed by atoms with Gasteiger partial charge >= 0.3 is 5.97 Å². The molecule has 0 bridgehead atoms. The number of carbonyl (C=O) groups is 1. The minimum atomic E-state index is -0.343. The molecule has 0 fully saturated rings. The predicted octanol–water partition coefficient (Wildman–Crippen LogP) is 1.19. The maximum Gasteiger partial charge on any atom is 0.306 e. The van der Waals surface area contributed by atoms with E-state index in [1.165, 1.54) is 23.5 Å². The Morgan fingerprint density at radius 3 is 2.87 bits per heavy atom. The first-order chi connectivity index (χ1) is 7.20. The van der Waals surface area contributed by atoms with E-state index in [4.69, 9.17) is 22.6 Å². The highest BCUT2D eigenvalue weighted by Crippen LogP contribution is 2.17. The number of hydrogen-bond acceptors (Lipinski definition) is 7. The van der Waals surface area contributed by atoms with Gasteiger partial charge in [-0.15, -0.1) is 11.8 Å². The number of esters is 1. The van der Waals surface area contributed by atoms with Gasteiger partial charge in [-0.3, -0.25) is 4.79 Å². The maximum atomic E-state index is 10.9. The topological polar surface area (TPSA) is 70.3 Å². The fourth-order valence-corrected chi connectivity index (χ4v) is 2.39. The van der Waals surface area contributed by atoms with Crippen molar-refractivity contribution in [2.24, 2.45) is 0 Å². The third-order valence-electron chi connectivity index (χ3n) is 1.14. The van der Waals surface area contributed by atoms with Crippen LogP contribution in [-0.4, -0.2) is 39.3 Å². The second kappa shape index (κ2) is 10.2. The van der Waals surface area contributed by atoms with Gasteiger partial charge in [0.2, 0.25) is 0 Å². The lowest BCUT2D eigenvalue weighted by molar-refractivity contribution is -0.144. The molecule has 0 atom stereocenters. The first kappa shape index (κ1) is 14.7. The van der Waals surface area contributed by atoms with Gasteiger partial charge < -0.3 is 9.84 Å². The second-order valence-corrected chi connectivity index (χ2v) is 5.51. The molecule has 0 saturated heterocycles. The van der Waals surface area contributed by atoms with E-state index in [9.17, 15) is 4.79 Å². The van der Waals surface area contributed by atoms with Crippen LogP contribution in [0.15, 0.2) is 0 Å². The minimum absolute atomic E-state index is 0.0388. The summed E-state index contributed by atoms with van der Waals surface area (Å²) in [5.41, 5.74) is 0. The Balaban J connectivity index is 3.40. The zero-order valence-electron chi connectivity index (χ0n) is 7.97. The third-order valence-corrected chi connectivity index (χ3v) is 3.70. The number of thioether (sulfide) groups is 2. The Morgan fingerprint density at radius 2 is 2.27 bits per heavy atom. The van der Waals surface area contributed by atoms with Crippen molar-refractivity contribution in [1.29, 1.82) is 5.26 Å². The summed E-state index contributed by atoms with van der Waals surface area (Å²) in [7, 11) is 0. The number of aliphatic hydroxyl groups is 1. The molecule has 15 heavy (non-hydrogen) atoms. The molecule has 0 aromatic carbocycles. The summed E-state index contributed by atoms with van der Waals surface area (Å²) in [6.45, 7) is -0.119. The molecule has 0 aliphatic rings. The van der Waals surface area contributed by atoms with Crippen LogP contribution in [0.5, 0.6) is 0 Å². The average Bonchev–Trinajstić information content (AvgIpc) is 2.23. The van der Waals surface area contributed by atoms with Crippen molar-refractivity contribution in [2.75, 3.05) is 24.7 Å². The Kier molecular flexibility index (Phi) is 10.0. The largest absolute Gasteiger partial charge is 0.463 e. The lowest BCUT2D eigenvalue weighted by Gasteiger charge is -2.02. The molecule has 84 valence electrons. The van der Waals surface area contributed by atoms with E-state index in [1.54, 1.807) is 0 Å². The average molecular weight is 265 g/mol. The van der Waals surface area contributed by atoms with Gasteiger partial charge in [-0.25, -0.2) is 0 Å². The molecule has 0 rings (SSSR count). The van der Waals surface area contributed by atoms with Gasteiger partial charge in [-0.1, -0.05) is 24.0 Å². The fourth-order valence-electron chi connectivity index (χ4n) is 0.582. The molecule has 0 unspecified atom stereocenters. The summed E-state index contributed by atoms with van der Waals surface area (Å²) in [6, 6.07) is 1.97. The van der Waals surface area contributed by atoms with Crippen LogP contribution in [0.3, 0.4) is 0 Å². The van der Waals surface area contributed by atoms with Crippen molar-refractivity contribution in [3.63, 3.8) is 0 Å². The van der Waals surface area contributed by atoms with Gasteiger partial charge in [-0.2, -0.15) is 5.26 Å². The zero-order chi connectivity index (χ0) is 11.5. The first-order valence-corrected chi connectivity index (χ1v) is 6.51. The van der Waals surface area contributed by atoms with Gasteiger partial charge in [-0.05, 0) is 0 Å². The van der Waals surface area contributed by atoms with Gasteiger partial charge in [0, 0.05) is 5.75 Å². The smallest absolute Gasteiger partial charge is 0.306 e. The van der Waals surface area contributed by atoms with E-state index in [2.05, 4.69) is 4.74 Å². The molecule has 0 saturated carbocycles. The number of aliphatic hydroxyl groups excluding tert-OH is 1. The lowest BCUT2D eigenvalue weighted by atomic mass is 10.5. The van der Waals surface area contributed by atoms with Gasteiger partial charge in [0.25, 0.3) is 0 Å². The van der Waals surface area contributed by atoms with Crippen LogP contribution in [0.2, 0.25) is 0 Å². The molecule has 0 radical (unpaired) electrons. The minimum Gasteiger partial charge on any atom is -0.463 e. The van der Waals surface area contributed by atoms with Crippen molar-refractivity contribution in [2.45, 2.75) is 6.42 Å². The number of thiocarbonyl (C=S) groups is 1. The Bertz CT molecular complexity index is 252. The molecular formula is C8H11NO3S3. The quantitative estimate of drug-likeness (QED) is 0.571. The van der Waals surface area contributed by atoms with Crippen molar-refractivity contribution in [3.05, 3.63) is 0 Å². The zero-order valence-corrected chi connectivity index (χ0v) is 10.4. The van der Waals surface area contributed by atoms with Crippen molar-refractivity contribution >= 4 is 45.2 Å². The van der Waals surface area contributed by atoms with Crippen LogP contribution in [0.25, 0.3) is 0 Å². The van der Waals surface area contributed by atoms with Crippen LogP contribution < -0.4 is 0 Å². The van der Waals surface area contributed by atoms with Crippen LogP contribution in [-0.2, 0) is 9.53 Å². The molecule has 0 aliphatic heterocycles. The first-order valence-electron chi connectivity index (χ1n) is 4.13. The summed E-state index contributed by atoms with van der Waals surface area (Å²) in [5, 5.41) is 16.7. The van der Waals surface area contributed by atoms with Gasteiger partial charge in [0.15, 0.2) is 0 Å². The number of nitrogens with zero attached hydrogens (tertiary/aromatic N) is 1. The van der Waals surface area contributed by atoms with E-state index >= 15 is 0 Å². The highest BCUT2D eigenvalue weighted by atomic mass is 32.2. The molecular weight excluding hydrogens is 254 g/mol. The van der Waals surface area contributed by atoms with Crippen LogP contribution in [0.4, 0.5) is 0 Å². The Hall–Kier alpha value is -0.290. The van der Waals surface area contributed by atoms with E-state index < -0.39 is 0 Å². The highest BCUT2D eigenvalue weighted by Gasteiger charge is 2.04.